The molecule has 0 amide bonds. The van der Waals surface area contributed by atoms with Crippen LogP contribution in [-0.4, -0.2) is 31.9 Å². The summed E-state index contributed by atoms with van der Waals surface area (Å²) in [4.78, 5) is 4.25. The quantitative estimate of drug-likeness (QED) is 0.775. The smallest absolute Gasteiger partial charge is 0.377 e. The fourth-order valence-corrected chi connectivity index (χ4v) is 5.13. The van der Waals surface area contributed by atoms with Crippen LogP contribution in [0.5, 0.6) is 0 Å². The van der Waals surface area contributed by atoms with Gasteiger partial charge in [-0.05, 0) is 25.0 Å². The van der Waals surface area contributed by atoms with Gasteiger partial charge in [0.1, 0.15) is 5.01 Å². The summed E-state index contributed by atoms with van der Waals surface area (Å²) in [5, 5.41) is 2.12. The third-order valence-corrected chi connectivity index (χ3v) is 6.40. The maximum absolute atomic E-state index is 12.6. The van der Waals surface area contributed by atoms with E-state index in [-0.39, 0.29) is 17.6 Å². The van der Waals surface area contributed by atoms with Gasteiger partial charge in [-0.2, -0.15) is 13.2 Å². The van der Waals surface area contributed by atoms with Crippen LogP contribution in [0, 0.1) is 0 Å². The first-order valence-corrected chi connectivity index (χ1v) is 10.4. The van der Waals surface area contributed by atoms with Gasteiger partial charge >= 0.3 is 6.18 Å². The first-order valence-electron chi connectivity index (χ1n) is 7.67. The van der Waals surface area contributed by atoms with Crippen LogP contribution >= 0.6 is 11.3 Å². The van der Waals surface area contributed by atoms with E-state index in [0.717, 1.165) is 25.0 Å². The lowest BCUT2D eigenvalue weighted by atomic mass is 10.1. The van der Waals surface area contributed by atoms with E-state index in [4.69, 9.17) is 4.74 Å². The molecule has 0 radical (unpaired) electrons. The SMILES string of the molecule is O=S(=O)(Cc1csc(-c2ccc(C(F)(F)F)cc2)n1)CC1CCCO1. The van der Waals surface area contributed by atoms with Crippen molar-refractivity contribution in [2.45, 2.75) is 30.9 Å². The Kier molecular flexibility index (Phi) is 5.17. The lowest BCUT2D eigenvalue weighted by Gasteiger charge is -2.09. The van der Waals surface area contributed by atoms with Crippen molar-refractivity contribution in [1.82, 2.24) is 4.98 Å². The predicted molar refractivity (Wildman–Crippen MR) is 89.0 cm³/mol. The van der Waals surface area contributed by atoms with Gasteiger partial charge < -0.3 is 4.74 Å². The molecule has 1 atom stereocenters. The van der Waals surface area contributed by atoms with Gasteiger partial charge in [0.2, 0.25) is 0 Å². The number of sulfone groups is 1. The Hall–Kier alpha value is -1.45. The fourth-order valence-electron chi connectivity index (χ4n) is 2.65. The van der Waals surface area contributed by atoms with Crippen LogP contribution in [-0.2, 0) is 26.5 Å². The lowest BCUT2D eigenvalue weighted by molar-refractivity contribution is -0.137. The van der Waals surface area contributed by atoms with Crippen LogP contribution in [0.15, 0.2) is 29.6 Å². The van der Waals surface area contributed by atoms with E-state index >= 15 is 0 Å². The highest BCUT2D eigenvalue weighted by Crippen LogP contribution is 2.32. The monoisotopic (exact) mass is 391 g/mol. The maximum Gasteiger partial charge on any atom is 0.416 e. The van der Waals surface area contributed by atoms with E-state index in [1.807, 2.05) is 0 Å². The maximum atomic E-state index is 12.6. The molecule has 1 unspecified atom stereocenters. The molecule has 1 aliphatic rings. The van der Waals surface area contributed by atoms with Crippen LogP contribution in [0.4, 0.5) is 13.2 Å². The van der Waals surface area contributed by atoms with E-state index in [1.54, 1.807) is 5.38 Å². The molecule has 1 saturated heterocycles. The third kappa shape index (κ3) is 4.80. The van der Waals surface area contributed by atoms with Gasteiger partial charge in [0.05, 0.1) is 28.9 Å². The number of ether oxygens (including phenoxy) is 1. The summed E-state index contributed by atoms with van der Waals surface area (Å²) >= 11 is 1.21. The number of rotatable bonds is 5. The number of hydrogen-bond acceptors (Lipinski definition) is 5. The zero-order valence-corrected chi connectivity index (χ0v) is 14.8. The highest BCUT2D eigenvalue weighted by Gasteiger charge is 2.30. The van der Waals surface area contributed by atoms with Crippen LogP contribution in [0.1, 0.15) is 24.1 Å². The van der Waals surface area contributed by atoms with Gasteiger partial charge in [-0.1, -0.05) is 12.1 Å². The number of thiazole rings is 1. The van der Waals surface area contributed by atoms with E-state index in [9.17, 15) is 21.6 Å². The van der Waals surface area contributed by atoms with Gasteiger partial charge in [-0.15, -0.1) is 11.3 Å². The number of hydrogen-bond donors (Lipinski definition) is 0. The Morgan fingerprint density at radius 3 is 2.56 bits per heavy atom. The summed E-state index contributed by atoms with van der Waals surface area (Å²) in [5.41, 5.74) is 0.200. The van der Waals surface area contributed by atoms with E-state index in [0.29, 0.717) is 22.9 Å². The summed E-state index contributed by atoms with van der Waals surface area (Å²) in [7, 11) is -3.34. The summed E-state index contributed by atoms with van der Waals surface area (Å²) in [5.74, 6) is -0.218. The summed E-state index contributed by atoms with van der Waals surface area (Å²) in [6, 6.07) is 4.66. The Morgan fingerprint density at radius 1 is 1.24 bits per heavy atom. The molecule has 25 heavy (non-hydrogen) atoms. The first-order chi connectivity index (χ1) is 11.7. The van der Waals surface area contributed by atoms with Crippen molar-refractivity contribution in [2.24, 2.45) is 0 Å². The van der Waals surface area contributed by atoms with Crippen molar-refractivity contribution in [3.8, 4) is 10.6 Å². The van der Waals surface area contributed by atoms with E-state index < -0.39 is 21.6 Å². The Balaban J connectivity index is 1.69. The normalized spacial score (nSPS) is 18.6. The number of nitrogens with zero attached hydrogens (tertiary/aromatic N) is 1. The molecule has 1 aromatic heterocycles. The Morgan fingerprint density at radius 2 is 1.96 bits per heavy atom. The van der Waals surface area contributed by atoms with Gasteiger partial charge in [0.25, 0.3) is 0 Å². The molecule has 0 bridgehead atoms. The predicted octanol–water partition coefficient (Wildman–Crippen LogP) is 3.92. The molecule has 0 saturated carbocycles. The molecule has 4 nitrogen and oxygen atoms in total. The number of aromatic nitrogens is 1. The lowest BCUT2D eigenvalue weighted by Crippen LogP contribution is -2.21. The first kappa shape index (κ1) is 18.3. The molecular weight excluding hydrogens is 375 g/mol. The molecular formula is C16H16F3NO3S2. The van der Waals surface area contributed by atoms with Gasteiger partial charge in [-0.25, -0.2) is 13.4 Å². The second-order valence-corrected chi connectivity index (χ2v) is 8.88. The van der Waals surface area contributed by atoms with Crippen LogP contribution < -0.4 is 0 Å². The molecule has 0 N–H and O–H groups in total. The highest BCUT2D eigenvalue weighted by atomic mass is 32.2. The molecule has 1 aromatic carbocycles. The molecule has 3 rings (SSSR count). The molecule has 2 heterocycles. The Bertz CT molecular complexity index is 823. The van der Waals surface area contributed by atoms with Crippen molar-refractivity contribution in [3.63, 3.8) is 0 Å². The molecule has 0 spiro atoms. The number of alkyl halides is 3. The van der Waals surface area contributed by atoms with Crippen LogP contribution in [0.25, 0.3) is 10.6 Å². The summed E-state index contributed by atoms with van der Waals surface area (Å²) in [6.45, 7) is 0.592. The zero-order chi connectivity index (χ0) is 18.1. The molecule has 0 aliphatic carbocycles. The van der Waals surface area contributed by atoms with Crippen molar-refractivity contribution in [2.75, 3.05) is 12.4 Å². The molecule has 2 aromatic rings. The average molecular weight is 391 g/mol. The second kappa shape index (κ2) is 7.05. The fraction of sp³-hybridized carbons (Fsp3) is 0.438. The number of halogens is 3. The Labute approximate surface area is 147 Å². The van der Waals surface area contributed by atoms with Gasteiger partial charge in [0, 0.05) is 17.6 Å². The standard InChI is InChI=1S/C16H16F3NO3S2/c17-16(18,19)12-5-3-11(4-6-12)15-20-13(8-24-15)9-25(21,22)10-14-2-1-7-23-14/h3-6,8,14H,1-2,7,9-10H2. The average Bonchev–Trinajstić information content (AvgIpc) is 3.17. The van der Waals surface area contributed by atoms with Crippen molar-refractivity contribution in [3.05, 3.63) is 40.9 Å². The van der Waals surface area contributed by atoms with Crippen molar-refractivity contribution >= 4 is 21.2 Å². The molecule has 9 heteroatoms. The van der Waals surface area contributed by atoms with Crippen molar-refractivity contribution in [1.29, 1.82) is 0 Å². The number of benzene rings is 1. The van der Waals surface area contributed by atoms with Crippen LogP contribution in [0.3, 0.4) is 0 Å². The van der Waals surface area contributed by atoms with E-state index in [1.165, 1.54) is 23.5 Å². The minimum Gasteiger partial charge on any atom is -0.377 e. The summed E-state index contributed by atoms with van der Waals surface area (Å²) < 4.78 is 67.6. The largest absolute Gasteiger partial charge is 0.416 e. The van der Waals surface area contributed by atoms with Crippen LogP contribution in [0.2, 0.25) is 0 Å². The molecule has 1 aliphatic heterocycles. The van der Waals surface area contributed by atoms with Gasteiger partial charge in [0.15, 0.2) is 9.84 Å². The topological polar surface area (TPSA) is 56.3 Å². The highest BCUT2D eigenvalue weighted by molar-refractivity contribution is 7.90. The zero-order valence-electron chi connectivity index (χ0n) is 13.1. The molecule has 136 valence electrons. The second-order valence-electron chi connectivity index (χ2n) is 5.91. The summed E-state index contributed by atoms with van der Waals surface area (Å²) in [6.07, 6.45) is -3.02. The minimum absolute atomic E-state index is 0.0276. The van der Waals surface area contributed by atoms with Crippen molar-refractivity contribution < 1.29 is 26.3 Å². The van der Waals surface area contributed by atoms with Gasteiger partial charge in [-0.3, -0.25) is 0 Å². The third-order valence-electron chi connectivity index (χ3n) is 3.84. The van der Waals surface area contributed by atoms with E-state index in [2.05, 4.69) is 4.98 Å². The molecule has 1 fully saturated rings. The minimum atomic E-state index is -4.39.